The van der Waals surface area contributed by atoms with Gasteiger partial charge < -0.3 is 20.3 Å². The Morgan fingerprint density at radius 3 is 2.97 bits per heavy atom. The lowest BCUT2D eigenvalue weighted by Gasteiger charge is -2.20. The van der Waals surface area contributed by atoms with Crippen LogP contribution in [0, 0.1) is 12.7 Å². The number of hydrogen-bond acceptors (Lipinski definition) is 7. The molecule has 0 bridgehead atoms. The number of carbonyl (C=O) groups is 1. The Morgan fingerprint density at radius 2 is 2.14 bits per heavy atom. The molecule has 2 aromatic heterocycles. The molecule has 0 saturated carbocycles. The molecule has 4 aromatic rings. The number of carbonyl (C=O) groups excluding carboxylic acids is 1. The first-order chi connectivity index (χ1) is 18.0. The lowest BCUT2D eigenvalue weighted by Crippen LogP contribution is -2.28. The number of amides is 1. The molecule has 37 heavy (non-hydrogen) atoms. The molecular weight excluding hydrogens is 473 g/mol. The second kappa shape index (κ2) is 11.3. The third kappa shape index (κ3) is 6.39. The zero-order valence-corrected chi connectivity index (χ0v) is 20.4. The monoisotopic (exact) mass is 502 g/mol. The number of anilines is 3. The Balaban J connectivity index is 1.17. The molecule has 3 heterocycles. The van der Waals surface area contributed by atoms with Crippen LogP contribution in [-0.2, 0) is 11.2 Å². The molecule has 1 radical (unpaired) electrons. The van der Waals surface area contributed by atoms with E-state index in [9.17, 15) is 9.18 Å². The maximum absolute atomic E-state index is 13.3. The van der Waals surface area contributed by atoms with E-state index < -0.39 is 5.82 Å². The summed E-state index contributed by atoms with van der Waals surface area (Å²) in [5, 5.41) is 13.7. The summed E-state index contributed by atoms with van der Waals surface area (Å²) in [6.45, 7) is 6.94. The Kier molecular flexibility index (Phi) is 7.55. The highest BCUT2D eigenvalue weighted by Crippen LogP contribution is 2.26. The van der Waals surface area contributed by atoms with Crippen molar-refractivity contribution in [2.24, 2.45) is 0 Å². The van der Waals surface area contributed by atoms with E-state index in [1.807, 2.05) is 18.2 Å². The summed E-state index contributed by atoms with van der Waals surface area (Å²) >= 11 is 0. The lowest BCUT2D eigenvalue weighted by atomic mass is 10.2. The van der Waals surface area contributed by atoms with Crippen LogP contribution in [-0.4, -0.2) is 56.7 Å². The van der Waals surface area contributed by atoms with Crippen molar-refractivity contribution in [3.05, 3.63) is 73.3 Å². The number of aromatic nitrogens is 4. The largest absolute Gasteiger partial charge is 0.493 e. The van der Waals surface area contributed by atoms with E-state index in [-0.39, 0.29) is 12.3 Å². The zero-order chi connectivity index (χ0) is 25.6. The Hall–Kier alpha value is -4.05. The fourth-order valence-electron chi connectivity index (χ4n) is 4.46. The van der Waals surface area contributed by atoms with Crippen LogP contribution in [0.25, 0.3) is 10.9 Å². The van der Waals surface area contributed by atoms with Crippen LogP contribution < -0.4 is 15.4 Å². The summed E-state index contributed by atoms with van der Waals surface area (Å²) in [5.74, 6) is 1.17. The van der Waals surface area contributed by atoms with Gasteiger partial charge in [-0.15, -0.1) is 0 Å². The molecule has 1 fully saturated rings. The number of ether oxygens (including phenoxy) is 1. The Morgan fingerprint density at radius 1 is 1.22 bits per heavy atom. The maximum Gasteiger partial charge on any atom is 0.230 e. The SMILES string of the molecule is [CH2][C@H]1CCCN1CCCOc1ccc2c(Nc3cc(CC(=O)Nc4cccc(F)c4)[nH]n3)ncnc2c1. The van der Waals surface area contributed by atoms with Gasteiger partial charge in [0.05, 0.1) is 18.5 Å². The fourth-order valence-corrected chi connectivity index (χ4v) is 4.46. The van der Waals surface area contributed by atoms with Crippen LogP contribution in [0.4, 0.5) is 21.7 Å². The molecule has 1 aliphatic rings. The Labute approximate surface area is 214 Å². The van der Waals surface area contributed by atoms with E-state index in [2.05, 4.69) is 42.6 Å². The van der Waals surface area contributed by atoms with Gasteiger partial charge in [-0.2, -0.15) is 5.10 Å². The number of likely N-dealkylation sites (tertiary alicyclic amines) is 1. The molecule has 1 aliphatic heterocycles. The molecule has 2 aromatic carbocycles. The summed E-state index contributed by atoms with van der Waals surface area (Å²) < 4.78 is 19.3. The van der Waals surface area contributed by atoms with Gasteiger partial charge in [-0.05, 0) is 63.1 Å². The van der Waals surface area contributed by atoms with Crippen molar-refractivity contribution < 1.29 is 13.9 Å². The van der Waals surface area contributed by atoms with Crippen molar-refractivity contribution in [3.63, 3.8) is 0 Å². The molecule has 1 amide bonds. The van der Waals surface area contributed by atoms with Crippen LogP contribution in [0.3, 0.4) is 0 Å². The van der Waals surface area contributed by atoms with E-state index in [1.165, 1.54) is 37.4 Å². The molecule has 3 N–H and O–H groups in total. The quantitative estimate of drug-likeness (QED) is 0.274. The first kappa shape index (κ1) is 24.6. The summed E-state index contributed by atoms with van der Waals surface area (Å²) in [6, 6.07) is 13.6. The fraction of sp³-hybridized carbons (Fsp3) is 0.296. The summed E-state index contributed by atoms with van der Waals surface area (Å²) in [5.41, 5.74) is 1.75. The maximum atomic E-state index is 13.3. The molecule has 10 heteroatoms. The van der Waals surface area contributed by atoms with Gasteiger partial charge in [-0.3, -0.25) is 9.89 Å². The van der Waals surface area contributed by atoms with Crippen LogP contribution in [0.1, 0.15) is 25.0 Å². The average Bonchev–Trinajstić information content (AvgIpc) is 3.50. The van der Waals surface area contributed by atoms with Gasteiger partial charge in [-0.25, -0.2) is 14.4 Å². The van der Waals surface area contributed by atoms with Crippen molar-refractivity contribution in [2.75, 3.05) is 30.3 Å². The van der Waals surface area contributed by atoms with E-state index in [0.717, 1.165) is 36.2 Å². The molecule has 1 saturated heterocycles. The van der Waals surface area contributed by atoms with Gasteiger partial charge in [0.25, 0.3) is 0 Å². The Bertz CT molecular complexity index is 1380. The molecule has 0 aliphatic carbocycles. The van der Waals surface area contributed by atoms with Crippen molar-refractivity contribution in [1.29, 1.82) is 0 Å². The number of fused-ring (bicyclic) bond motifs is 1. The van der Waals surface area contributed by atoms with Crippen molar-refractivity contribution >= 4 is 34.1 Å². The lowest BCUT2D eigenvalue weighted by molar-refractivity contribution is -0.115. The normalized spacial score (nSPS) is 15.7. The zero-order valence-electron chi connectivity index (χ0n) is 20.4. The average molecular weight is 503 g/mol. The summed E-state index contributed by atoms with van der Waals surface area (Å²) in [7, 11) is 0. The van der Waals surface area contributed by atoms with Gasteiger partial charge in [0, 0.05) is 41.5 Å². The smallest absolute Gasteiger partial charge is 0.230 e. The van der Waals surface area contributed by atoms with E-state index in [4.69, 9.17) is 4.74 Å². The third-order valence-corrected chi connectivity index (χ3v) is 6.30. The van der Waals surface area contributed by atoms with Crippen LogP contribution in [0.2, 0.25) is 0 Å². The van der Waals surface area contributed by atoms with E-state index in [0.29, 0.717) is 35.7 Å². The van der Waals surface area contributed by atoms with Crippen molar-refractivity contribution in [2.45, 2.75) is 31.7 Å². The summed E-state index contributed by atoms with van der Waals surface area (Å²) in [4.78, 5) is 23.4. The van der Waals surface area contributed by atoms with Crippen molar-refractivity contribution in [3.8, 4) is 5.75 Å². The minimum Gasteiger partial charge on any atom is -0.493 e. The number of nitrogens with one attached hydrogen (secondary N) is 3. The van der Waals surface area contributed by atoms with Crippen LogP contribution in [0.15, 0.2) is 54.9 Å². The molecular formula is C27H29FN7O2. The first-order valence-electron chi connectivity index (χ1n) is 12.3. The number of hydrogen-bond donors (Lipinski definition) is 3. The standard InChI is InChI=1S/C27H29FN7O2/c1-18-5-3-10-35(18)11-4-12-37-22-8-9-23-24(16-22)29-17-30-27(23)32-25-14-21(33-34-25)15-26(36)31-20-7-2-6-19(28)13-20/h2,6-9,13-14,16-18H,1,3-5,10-12,15H2,(H,31,36)(H2,29,30,32,33,34)/t18-/m0/s1. The van der Waals surface area contributed by atoms with Crippen LogP contribution >= 0.6 is 0 Å². The molecule has 0 spiro atoms. The predicted octanol–water partition coefficient (Wildman–Crippen LogP) is 4.48. The number of nitrogens with zero attached hydrogens (tertiary/aromatic N) is 4. The molecule has 9 nitrogen and oxygen atoms in total. The topological polar surface area (TPSA) is 108 Å². The minimum atomic E-state index is -0.411. The number of aromatic amines is 1. The van der Waals surface area contributed by atoms with Gasteiger partial charge in [0.15, 0.2) is 5.82 Å². The molecule has 191 valence electrons. The second-order valence-electron chi connectivity index (χ2n) is 9.07. The highest BCUT2D eigenvalue weighted by Gasteiger charge is 2.19. The number of H-pyrrole nitrogens is 1. The van der Waals surface area contributed by atoms with Crippen molar-refractivity contribution in [1.82, 2.24) is 25.1 Å². The summed E-state index contributed by atoms with van der Waals surface area (Å²) in [6.07, 6.45) is 4.89. The van der Waals surface area contributed by atoms with Gasteiger partial charge >= 0.3 is 0 Å². The molecule has 5 rings (SSSR count). The highest BCUT2D eigenvalue weighted by atomic mass is 19.1. The molecule has 1 atom stereocenters. The van der Waals surface area contributed by atoms with Gasteiger partial charge in [0.2, 0.25) is 5.91 Å². The highest BCUT2D eigenvalue weighted by molar-refractivity contribution is 5.93. The number of halogens is 1. The minimum absolute atomic E-state index is 0.0591. The van der Waals surface area contributed by atoms with Gasteiger partial charge in [0.1, 0.15) is 23.7 Å². The van der Waals surface area contributed by atoms with E-state index in [1.54, 1.807) is 12.1 Å². The predicted molar refractivity (Wildman–Crippen MR) is 140 cm³/mol. The number of benzene rings is 2. The number of rotatable bonds is 10. The third-order valence-electron chi connectivity index (χ3n) is 6.30. The van der Waals surface area contributed by atoms with E-state index >= 15 is 0 Å². The van der Waals surface area contributed by atoms with Crippen LogP contribution in [0.5, 0.6) is 5.75 Å². The second-order valence-corrected chi connectivity index (χ2v) is 9.07. The first-order valence-corrected chi connectivity index (χ1v) is 12.3. The van der Waals surface area contributed by atoms with Gasteiger partial charge in [-0.1, -0.05) is 6.07 Å². The molecule has 0 unspecified atom stereocenters.